The third kappa shape index (κ3) is 10.4. The van der Waals surface area contributed by atoms with Gasteiger partial charge in [-0.05, 0) is 67.4 Å². The molecule has 0 fully saturated rings. The molecule has 3 amide bonds. The van der Waals surface area contributed by atoms with Crippen molar-refractivity contribution in [3.8, 4) is 11.5 Å². The number of aryl methyl sites for hydroxylation is 1. The Bertz CT molecular complexity index is 1760. The number of guanidine groups is 1. The number of carbonyl (C=O) groups is 3. The van der Waals surface area contributed by atoms with Crippen LogP contribution in [0.1, 0.15) is 28.4 Å². The molecule has 4 aromatic rings. The van der Waals surface area contributed by atoms with Gasteiger partial charge in [-0.1, -0.05) is 66.7 Å². The van der Waals surface area contributed by atoms with Crippen LogP contribution in [0.4, 0.5) is 5.69 Å². The van der Waals surface area contributed by atoms with E-state index in [9.17, 15) is 24.1 Å². The van der Waals surface area contributed by atoms with E-state index in [1.807, 2.05) is 0 Å². The highest BCUT2D eigenvalue weighted by molar-refractivity contribution is 7.55. The summed E-state index contributed by atoms with van der Waals surface area (Å²) >= 11 is 0. The topological polar surface area (TPSA) is 207 Å². The van der Waals surface area contributed by atoms with Crippen molar-refractivity contribution in [2.24, 2.45) is 16.5 Å². The maximum atomic E-state index is 14.8. The number of nitrogens with zero attached hydrogens (tertiary/aromatic N) is 1. The molecule has 0 aliphatic carbocycles. The molecule has 4 aromatic carbocycles. The third-order valence-corrected chi connectivity index (χ3v) is 9.22. The van der Waals surface area contributed by atoms with Gasteiger partial charge in [0.1, 0.15) is 23.6 Å². The first kappa shape index (κ1) is 36.2. The zero-order chi connectivity index (χ0) is 35.4. The lowest BCUT2D eigenvalue weighted by molar-refractivity contribution is -0.130. The maximum Gasteiger partial charge on any atom is 0.453 e. The highest BCUT2D eigenvalue weighted by Gasteiger charge is 2.41. The molecule has 0 heterocycles. The van der Waals surface area contributed by atoms with E-state index in [0.29, 0.717) is 22.4 Å². The van der Waals surface area contributed by atoms with Gasteiger partial charge in [-0.15, -0.1) is 0 Å². The fourth-order valence-corrected chi connectivity index (χ4v) is 6.49. The van der Waals surface area contributed by atoms with Gasteiger partial charge >= 0.3 is 7.60 Å². The summed E-state index contributed by atoms with van der Waals surface area (Å²) in [6, 6.07) is 27.7. The second kappa shape index (κ2) is 17.0. The van der Waals surface area contributed by atoms with Crippen LogP contribution in [0, 0.1) is 6.92 Å². The van der Waals surface area contributed by atoms with Gasteiger partial charge in [-0.25, -0.2) is 9.56 Å². The van der Waals surface area contributed by atoms with Gasteiger partial charge in [0.15, 0.2) is 11.7 Å². The largest absolute Gasteiger partial charge is 0.453 e. The molecule has 0 aromatic heterocycles. The van der Waals surface area contributed by atoms with Crippen molar-refractivity contribution >= 4 is 37.0 Å². The van der Waals surface area contributed by atoms with Crippen molar-refractivity contribution in [3.05, 3.63) is 126 Å². The molecule has 0 saturated carbocycles. The smallest absolute Gasteiger partial charge is 0.415 e. The Hall–Kier alpha value is -5.65. The van der Waals surface area contributed by atoms with Crippen LogP contribution in [0.25, 0.3) is 0 Å². The lowest BCUT2D eigenvalue weighted by Gasteiger charge is -2.29. The van der Waals surface area contributed by atoms with Crippen LogP contribution in [0.2, 0.25) is 0 Å². The predicted molar refractivity (Wildman–Crippen MR) is 186 cm³/mol. The fraction of sp³-hybridized carbons (Fsp3) is 0.200. The Labute approximate surface area is 284 Å². The normalized spacial score (nSPS) is 12.8. The summed E-state index contributed by atoms with van der Waals surface area (Å²) in [5, 5.41) is 17.7. The number of nitrogens with two attached hydrogens (primary N) is 2. The first-order valence-corrected chi connectivity index (χ1v) is 16.9. The summed E-state index contributed by atoms with van der Waals surface area (Å²) in [4.78, 5) is 43.6. The molecule has 49 heavy (non-hydrogen) atoms. The molecular formula is C35H39N6O7P. The maximum absolute atomic E-state index is 14.8. The number of hydrogen-bond donors (Lipinski definition) is 6. The molecule has 3 atom stereocenters. The minimum Gasteiger partial charge on any atom is -0.415 e. The SMILES string of the molecule is Cc1ccccc1C(=O)NC(CO)C(=O)NC(C)C(=O)NC(Cc1ccc(N=C(N)N)cc1)P(=O)(Oc1ccccc1)Oc1ccccc1. The second-order valence-electron chi connectivity index (χ2n) is 11.0. The van der Waals surface area contributed by atoms with E-state index in [1.54, 1.807) is 116 Å². The van der Waals surface area contributed by atoms with E-state index in [0.717, 1.165) is 0 Å². The van der Waals surface area contributed by atoms with E-state index in [-0.39, 0.29) is 23.9 Å². The van der Waals surface area contributed by atoms with Crippen LogP contribution in [-0.4, -0.2) is 53.3 Å². The first-order valence-electron chi connectivity index (χ1n) is 15.3. The number of amides is 3. The minimum absolute atomic E-state index is 0.0306. The standard InChI is InChI=1S/C35H39N6O7P/c1-23-11-9-10-16-29(23)33(44)40-30(22-42)34(45)38-24(2)32(43)41-31(21-25-17-19-26(20-18-25)39-35(36)37)49(46,47-27-12-5-3-6-13-27)48-28-14-7-4-8-15-28/h3-20,24,30-31,42H,21-22H2,1-2H3,(H,38,45)(H,40,44)(H,41,43)(H4,36,37,39). The molecule has 0 aliphatic rings. The fourth-order valence-electron chi connectivity index (χ4n) is 4.65. The van der Waals surface area contributed by atoms with Crippen LogP contribution in [0.15, 0.2) is 114 Å². The lowest BCUT2D eigenvalue weighted by atomic mass is 10.1. The zero-order valence-corrected chi connectivity index (χ0v) is 27.9. The third-order valence-electron chi connectivity index (χ3n) is 7.21. The molecular weight excluding hydrogens is 647 g/mol. The number of aliphatic hydroxyl groups excluding tert-OH is 1. The molecule has 0 saturated heterocycles. The lowest BCUT2D eigenvalue weighted by Crippen LogP contribution is -2.55. The van der Waals surface area contributed by atoms with Crippen molar-refractivity contribution in [2.75, 3.05) is 6.61 Å². The molecule has 4 rings (SSSR count). The molecule has 13 nitrogen and oxygen atoms in total. The predicted octanol–water partition coefficient (Wildman–Crippen LogP) is 3.53. The summed E-state index contributed by atoms with van der Waals surface area (Å²) in [6.07, 6.45) is -0.0306. The number of para-hydroxylation sites is 2. The Morgan fingerprint density at radius 1 is 0.776 bits per heavy atom. The van der Waals surface area contributed by atoms with Crippen LogP contribution in [0.3, 0.4) is 0 Å². The number of carbonyl (C=O) groups excluding carboxylic acids is 3. The number of hydrogen-bond acceptors (Lipinski definition) is 8. The average molecular weight is 687 g/mol. The number of nitrogens with one attached hydrogen (secondary N) is 3. The monoisotopic (exact) mass is 686 g/mol. The number of aliphatic hydroxyl groups is 1. The first-order chi connectivity index (χ1) is 23.5. The molecule has 0 bridgehead atoms. The van der Waals surface area contributed by atoms with Crippen LogP contribution in [0.5, 0.6) is 11.5 Å². The van der Waals surface area contributed by atoms with E-state index in [4.69, 9.17) is 20.5 Å². The van der Waals surface area contributed by atoms with Crippen LogP contribution < -0.4 is 36.5 Å². The number of benzene rings is 4. The Morgan fingerprint density at radius 2 is 1.33 bits per heavy atom. The quantitative estimate of drug-likeness (QED) is 0.0613. The van der Waals surface area contributed by atoms with E-state index in [2.05, 4.69) is 20.9 Å². The van der Waals surface area contributed by atoms with Crippen molar-refractivity contribution < 1.29 is 33.1 Å². The van der Waals surface area contributed by atoms with Gasteiger partial charge in [0.2, 0.25) is 11.8 Å². The van der Waals surface area contributed by atoms with Gasteiger partial charge in [-0.2, -0.15) is 0 Å². The summed E-state index contributed by atoms with van der Waals surface area (Å²) < 4.78 is 26.9. The van der Waals surface area contributed by atoms with Gasteiger partial charge in [-0.3, -0.25) is 14.4 Å². The highest BCUT2D eigenvalue weighted by Crippen LogP contribution is 2.53. The minimum atomic E-state index is -4.29. The van der Waals surface area contributed by atoms with Crippen LogP contribution >= 0.6 is 7.60 Å². The van der Waals surface area contributed by atoms with Gasteiger partial charge in [0, 0.05) is 12.0 Å². The molecule has 0 aliphatic heterocycles. The molecule has 0 radical (unpaired) electrons. The van der Waals surface area contributed by atoms with Crippen molar-refractivity contribution in [1.82, 2.24) is 16.0 Å². The van der Waals surface area contributed by atoms with Crippen molar-refractivity contribution in [2.45, 2.75) is 38.1 Å². The molecule has 14 heteroatoms. The van der Waals surface area contributed by atoms with Crippen LogP contribution in [-0.2, 0) is 20.6 Å². The summed E-state index contributed by atoms with van der Waals surface area (Å²) in [5.74, 6) is -3.02. The average Bonchev–Trinajstić information content (AvgIpc) is 3.08. The summed E-state index contributed by atoms with van der Waals surface area (Å²) in [5.41, 5.74) is 13.1. The highest BCUT2D eigenvalue weighted by atomic mass is 31.2. The zero-order valence-electron chi connectivity index (χ0n) is 27.0. The Balaban J connectivity index is 1.59. The summed E-state index contributed by atoms with van der Waals surface area (Å²) in [6.45, 7) is 2.43. The summed E-state index contributed by atoms with van der Waals surface area (Å²) in [7, 11) is -4.29. The molecule has 3 unspecified atom stereocenters. The molecule has 8 N–H and O–H groups in total. The van der Waals surface area contributed by atoms with Gasteiger partial charge in [0.25, 0.3) is 5.91 Å². The van der Waals surface area contributed by atoms with Crippen molar-refractivity contribution in [1.29, 1.82) is 0 Å². The van der Waals surface area contributed by atoms with E-state index < -0.39 is 49.8 Å². The Kier molecular flexibility index (Phi) is 12.5. The van der Waals surface area contributed by atoms with Gasteiger partial charge in [0.05, 0.1) is 12.3 Å². The van der Waals surface area contributed by atoms with Crippen molar-refractivity contribution in [3.63, 3.8) is 0 Å². The second-order valence-corrected chi connectivity index (χ2v) is 13.1. The van der Waals surface area contributed by atoms with Gasteiger partial charge < -0.3 is 41.6 Å². The van der Waals surface area contributed by atoms with E-state index >= 15 is 0 Å². The van der Waals surface area contributed by atoms with E-state index in [1.165, 1.54) is 6.92 Å². The molecule has 0 spiro atoms. The number of rotatable bonds is 15. The Morgan fingerprint density at radius 3 is 1.86 bits per heavy atom. The number of aliphatic imine (C=N–C) groups is 1. The molecule has 256 valence electrons.